The number of carbonyl (C=O) groups is 2. The van der Waals surface area contributed by atoms with Gasteiger partial charge in [0.15, 0.2) is 5.13 Å². The SMILES string of the molecule is Cc1nc(NC(=O)c2cccc(N3CCNC3=O)c2)sc1-c1ccccn1. The average molecular weight is 379 g/mol. The third-order valence-electron chi connectivity index (χ3n) is 4.19. The molecule has 2 aromatic heterocycles. The molecule has 8 heteroatoms. The van der Waals surface area contributed by atoms with Crippen LogP contribution in [0.3, 0.4) is 0 Å². The molecule has 0 bridgehead atoms. The monoisotopic (exact) mass is 379 g/mol. The average Bonchev–Trinajstić information content (AvgIpc) is 3.28. The maximum Gasteiger partial charge on any atom is 0.321 e. The van der Waals surface area contributed by atoms with E-state index in [1.54, 1.807) is 29.3 Å². The van der Waals surface area contributed by atoms with Gasteiger partial charge in [-0.1, -0.05) is 23.5 Å². The Morgan fingerprint density at radius 3 is 2.89 bits per heavy atom. The third kappa shape index (κ3) is 3.52. The summed E-state index contributed by atoms with van der Waals surface area (Å²) in [7, 11) is 0. The van der Waals surface area contributed by atoms with Crippen molar-refractivity contribution in [3.05, 3.63) is 59.9 Å². The lowest BCUT2D eigenvalue weighted by Gasteiger charge is -2.14. The molecule has 7 nitrogen and oxygen atoms in total. The lowest BCUT2D eigenvalue weighted by Crippen LogP contribution is -2.27. The van der Waals surface area contributed by atoms with Crippen molar-refractivity contribution in [3.8, 4) is 10.6 Å². The zero-order valence-electron chi connectivity index (χ0n) is 14.6. The van der Waals surface area contributed by atoms with Crippen molar-refractivity contribution >= 4 is 34.1 Å². The van der Waals surface area contributed by atoms with Gasteiger partial charge < -0.3 is 5.32 Å². The zero-order chi connectivity index (χ0) is 18.8. The van der Waals surface area contributed by atoms with E-state index < -0.39 is 0 Å². The molecule has 3 heterocycles. The van der Waals surface area contributed by atoms with Crippen LogP contribution >= 0.6 is 11.3 Å². The lowest BCUT2D eigenvalue weighted by molar-refractivity contribution is 0.102. The smallest absolute Gasteiger partial charge is 0.321 e. The molecule has 136 valence electrons. The van der Waals surface area contributed by atoms with Crippen molar-refractivity contribution in [2.75, 3.05) is 23.3 Å². The van der Waals surface area contributed by atoms with Gasteiger partial charge >= 0.3 is 6.03 Å². The highest BCUT2D eigenvalue weighted by Gasteiger charge is 2.22. The first-order valence-electron chi connectivity index (χ1n) is 8.47. The first kappa shape index (κ1) is 17.2. The maximum atomic E-state index is 12.6. The fourth-order valence-corrected chi connectivity index (χ4v) is 3.83. The molecule has 27 heavy (non-hydrogen) atoms. The fraction of sp³-hybridized carbons (Fsp3) is 0.158. The Morgan fingerprint density at radius 1 is 1.26 bits per heavy atom. The number of carbonyl (C=O) groups excluding carboxylic acids is 2. The van der Waals surface area contributed by atoms with Crippen LogP contribution in [0, 0.1) is 6.92 Å². The van der Waals surface area contributed by atoms with Gasteiger partial charge in [-0.2, -0.15) is 0 Å². The summed E-state index contributed by atoms with van der Waals surface area (Å²) in [5.74, 6) is -0.266. The van der Waals surface area contributed by atoms with E-state index in [0.717, 1.165) is 16.3 Å². The number of hydrogen-bond acceptors (Lipinski definition) is 5. The van der Waals surface area contributed by atoms with E-state index in [4.69, 9.17) is 0 Å². The van der Waals surface area contributed by atoms with Crippen LogP contribution in [-0.4, -0.2) is 35.0 Å². The van der Waals surface area contributed by atoms with Crippen LogP contribution in [-0.2, 0) is 0 Å². The van der Waals surface area contributed by atoms with Gasteiger partial charge in [-0.25, -0.2) is 9.78 Å². The van der Waals surface area contributed by atoms with Gasteiger partial charge in [-0.05, 0) is 37.3 Å². The van der Waals surface area contributed by atoms with Crippen molar-refractivity contribution in [2.45, 2.75) is 6.92 Å². The first-order chi connectivity index (χ1) is 13.1. The predicted octanol–water partition coefficient (Wildman–Crippen LogP) is 3.30. The molecule has 1 aliphatic heterocycles. The number of nitrogens with zero attached hydrogens (tertiary/aromatic N) is 3. The lowest BCUT2D eigenvalue weighted by atomic mass is 10.2. The van der Waals surface area contributed by atoms with Crippen LogP contribution in [0.4, 0.5) is 15.6 Å². The molecule has 1 saturated heterocycles. The molecular weight excluding hydrogens is 362 g/mol. The highest BCUT2D eigenvalue weighted by molar-refractivity contribution is 7.19. The number of benzene rings is 1. The second kappa shape index (κ2) is 7.16. The number of pyridine rings is 1. The minimum atomic E-state index is -0.266. The molecule has 2 N–H and O–H groups in total. The molecule has 0 radical (unpaired) electrons. The van der Waals surface area contributed by atoms with E-state index in [1.165, 1.54) is 11.3 Å². The Bertz CT molecular complexity index is 1000. The second-order valence-corrected chi connectivity index (χ2v) is 7.04. The molecule has 3 amide bonds. The summed E-state index contributed by atoms with van der Waals surface area (Å²) in [6.45, 7) is 3.08. The van der Waals surface area contributed by atoms with E-state index in [2.05, 4.69) is 20.6 Å². The van der Waals surface area contributed by atoms with Gasteiger partial charge in [-0.15, -0.1) is 0 Å². The third-order valence-corrected chi connectivity index (χ3v) is 5.29. The topological polar surface area (TPSA) is 87.2 Å². The molecular formula is C19H17N5O2S. The van der Waals surface area contributed by atoms with E-state index in [9.17, 15) is 9.59 Å². The molecule has 0 unspecified atom stereocenters. The minimum Gasteiger partial charge on any atom is -0.336 e. The van der Waals surface area contributed by atoms with E-state index in [-0.39, 0.29) is 11.9 Å². The number of aryl methyl sites for hydroxylation is 1. The van der Waals surface area contributed by atoms with Gasteiger partial charge in [0.2, 0.25) is 0 Å². The molecule has 0 saturated carbocycles. The van der Waals surface area contributed by atoms with Crippen molar-refractivity contribution in [1.82, 2.24) is 15.3 Å². The number of rotatable bonds is 4. The van der Waals surface area contributed by atoms with Crippen LogP contribution in [0.2, 0.25) is 0 Å². The van der Waals surface area contributed by atoms with Crippen LogP contribution in [0.5, 0.6) is 0 Å². The molecule has 1 fully saturated rings. The van der Waals surface area contributed by atoms with Crippen LogP contribution in [0.1, 0.15) is 16.1 Å². The zero-order valence-corrected chi connectivity index (χ0v) is 15.4. The summed E-state index contributed by atoms with van der Waals surface area (Å²) in [6.07, 6.45) is 1.73. The van der Waals surface area contributed by atoms with E-state index in [0.29, 0.717) is 29.5 Å². The van der Waals surface area contributed by atoms with Gasteiger partial charge in [-0.3, -0.25) is 20.0 Å². The summed E-state index contributed by atoms with van der Waals surface area (Å²) in [6, 6.07) is 12.5. The molecule has 0 spiro atoms. The number of nitrogens with one attached hydrogen (secondary N) is 2. The van der Waals surface area contributed by atoms with Crippen molar-refractivity contribution < 1.29 is 9.59 Å². The Labute approximate surface area is 160 Å². The Kier molecular flexibility index (Phi) is 4.55. The van der Waals surface area contributed by atoms with Crippen LogP contribution in [0.15, 0.2) is 48.7 Å². The minimum absolute atomic E-state index is 0.150. The van der Waals surface area contributed by atoms with Gasteiger partial charge in [0.05, 0.1) is 16.3 Å². The molecule has 3 aromatic rings. The Hall–Kier alpha value is -3.26. The molecule has 4 rings (SSSR count). The standard InChI is InChI=1S/C19H17N5O2S/c1-12-16(15-7-2-3-8-20-15)27-18(22-12)23-17(25)13-5-4-6-14(11-13)24-10-9-21-19(24)26/h2-8,11H,9-10H2,1H3,(H,21,26)(H,22,23,25). The largest absolute Gasteiger partial charge is 0.336 e. The Balaban J connectivity index is 1.54. The van der Waals surface area contributed by atoms with Crippen molar-refractivity contribution in [1.29, 1.82) is 0 Å². The van der Waals surface area contributed by atoms with E-state index in [1.807, 2.05) is 31.2 Å². The highest BCUT2D eigenvalue weighted by Crippen LogP contribution is 2.31. The first-order valence-corrected chi connectivity index (χ1v) is 9.29. The van der Waals surface area contributed by atoms with Crippen LogP contribution in [0.25, 0.3) is 10.6 Å². The number of urea groups is 1. The summed E-state index contributed by atoms with van der Waals surface area (Å²) in [5.41, 5.74) is 2.81. The number of amides is 3. The molecule has 0 aliphatic carbocycles. The molecule has 1 aliphatic rings. The summed E-state index contributed by atoms with van der Waals surface area (Å²) in [5, 5.41) is 6.11. The number of aromatic nitrogens is 2. The predicted molar refractivity (Wildman–Crippen MR) is 105 cm³/mol. The number of hydrogen-bond donors (Lipinski definition) is 2. The second-order valence-electron chi connectivity index (χ2n) is 6.04. The van der Waals surface area contributed by atoms with Gasteiger partial charge in [0.1, 0.15) is 0 Å². The van der Waals surface area contributed by atoms with E-state index >= 15 is 0 Å². The molecule has 0 atom stereocenters. The van der Waals surface area contributed by atoms with Crippen molar-refractivity contribution in [3.63, 3.8) is 0 Å². The maximum absolute atomic E-state index is 12.6. The number of thiazole rings is 1. The summed E-state index contributed by atoms with van der Waals surface area (Å²) < 4.78 is 0. The summed E-state index contributed by atoms with van der Waals surface area (Å²) >= 11 is 1.39. The van der Waals surface area contributed by atoms with Crippen molar-refractivity contribution in [2.24, 2.45) is 0 Å². The van der Waals surface area contributed by atoms with Gasteiger partial charge in [0.25, 0.3) is 5.91 Å². The normalized spacial score (nSPS) is 13.5. The quantitative estimate of drug-likeness (QED) is 0.728. The van der Waals surface area contributed by atoms with Gasteiger partial charge in [0, 0.05) is 30.5 Å². The van der Waals surface area contributed by atoms with Crippen LogP contribution < -0.4 is 15.5 Å². The summed E-state index contributed by atoms with van der Waals surface area (Å²) in [4.78, 5) is 35.8. The fourth-order valence-electron chi connectivity index (χ4n) is 2.89. The highest BCUT2D eigenvalue weighted by atomic mass is 32.1. The molecule has 1 aromatic carbocycles. The Morgan fingerprint density at radius 2 is 2.15 bits per heavy atom. The number of anilines is 2.